The zero-order valence-electron chi connectivity index (χ0n) is 21.4. The maximum Gasteiger partial charge on any atom is 0.260 e. The Morgan fingerprint density at radius 1 is 1.14 bits per heavy atom. The van der Waals surface area contributed by atoms with E-state index in [0.717, 1.165) is 30.6 Å². The van der Waals surface area contributed by atoms with Gasteiger partial charge in [0.15, 0.2) is 5.13 Å². The Bertz CT molecular complexity index is 1320. The lowest BCUT2D eigenvalue weighted by Crippen LogP contribution is -2.39. The highest BCUT2D eigenvalue weighted by atomic mass is 35.5. The van der Waals surface area contributed by atoms with Crippen LogP contribution in [-0.2, 0) is 14.8 Å². The Morgan fingerprint density at radius 2 is 1.86 bits per heavy atom. The lowest BCUT2D eigenvalue weighted by atomic mass is 10.2. The molecule has 0 saturated carbocycles. The SMILES string of the molecule is CCN(CC)CCN(C(=O)c1ccc(S(=O)(=O)N(C)C[C@H]2CCCO2)cc1)c1nc2c(Cl)cccc2s1. The van der Waals surface area contributed by atoms with Gasteiger partial charge in [0.2, 0.25) is 10.0 Å². The molecule has 0 unspecified atom stereocenters. The highest BCUT2D eigenvalue weighted by molar-refractivity contribution is 7.89. The molecule has 1 aliphatic heterocycles. The molecular weight excluding hydrogens is 532 g/mol. The van der Waals surface area contributed by atoms with E-state index >= 15 is 0 Å². The molecule has 1 amide bonds. The maximum absolute atomic E-state index is 13.7. The van der Waals surface area contributed by atoms with Gasteiger partial charge in [0.1, 0.15) is 5.52 Å². The van der Waals surface area contributed by atoms with Gasteiger partial charge in [-0.15, -0.1) is 0 Å². The van der Waals surface area contributed by atoms with Gasteiger partial charge in [0.05, 0.1) is 20.7 Å². The Labute approximate surface area is 227 Å². The van der Waals surface area contributed by atoms with Crippen LogP contribution in [0.3, 0.4) is 0 Å². The first-order valence-electron chi connectivity index (χ1n) is 12.5. The number of hydrogen-bond acceptors (Lipinski definition) is 7. The summed E-state index contributed by atoms with van der Waals surface area (Å²) >= 11 is 7.76. The molecule has 0 radical (unpaired) electrons. The third kappa shape index (κ3) is 6.32. The van der Waals surface area contributed by atoms with Crippen molar-refractivity contribution in [3.05, 3.63) is 53.1 Å². The average Bonchev–Trinajstić information content (AvgIpc) is 3.57. The normalized spacial score (nSPS) is 16.2. The summed E-state index contributed by atoms with van der Waals surface area (Å²) in [6, 6.07) is 11.7. The number of amides is 1. The first kappa shape index (κ1) is 27.9. The van der Waals surface area contributed by atoms with Crippen LogP contribution < -0.4 is 4.90 Å². The van der Waals surface area contributed by atoms with Crippen molar-refractivity contribution in [3.8, 4) is 0 Å². The minimum absolute atomic E-state index is 0.0812. The molecule has 0 bridgehead atoms. The summed E-state index contributed by atoms with van der Waals surface area (Å²) in [6.07, 6.45) is 1.72. The van der Waals surface area contributed by atoms with Gasteiger partial charge < -0.3 is 9.64 Å². The van der Waals surface area contributed by atoms with E-state index in [9.17, 15) is 13.2 Å². The van der Waals surface area contributed by atoms with Crippen molar-refractivity contribution in [3.63, 3.8) is 0 Å². The van der Waals surface area contributed by atoms with Crippen LogP contribution in [0, 0.1) is 0 Å². The molecule has 2 heterocycles. The number of benzene rings is 2. The van der Waals surface area contributed by atoms with Gasteiger partial charge >= 0.3 is 0 Å². The summed E-state index contributed by atoms with van der Waals surface area (Å²) in [4.78, 5) is 22.4. The highest BCUT2D eigenvalue weighted by Crippen LogP contribution is 2.33. The van der Waals surface area contributed by atoms with E-state index in [4.69, 9.17) is 16.3 Å². The van der Waals surface area contributed by atoms with Gasteiger partial charge in [-0.2, -0.15) is 4.31 Å². The van der Waals surface area contributed by atoms with E-state index in [-0.39, 0.29) is 16.9 Å². The molecule has 4 rings (SSSR count). The van der Waals surface area contributed by atoms with Crippen LogP contribution in [0.25, 0.3) is 10.2 Å². The molecule has 1 saturated heterocycles. The maximum atomic E-state index is 13.7. The second kappa shape index (κ2) is 12.2. The summed E-state index contributed by atoms with van der Waals surface area (Å²) in [7, 11) is -2.14. The fourth-order valence-electron chi connectivity index (χ4n) is 4.36. The molecule has 0 spiro atoms. The predicted octanol–water partition coefficient (Wildman–Crippen LogP) is 4.74. The summed E-state index contributed by atoms with van der Waals surface area (Å²) in [6.45, 7) is 8.02. The van der Waals surface area contributed by atoms with Crippen molar-refractivity contribution in [2.45, 2.75) is 37.7 Å². The highest BCUT2D eigenvalue weighted by Gasteiger charge is 2.27. The molecule has 37 heavy (non-hydrogen) atoms. The number of para-hydroxylation sites is 1. The number of nitrogens with zero attached hydrogens (tertiary/aromatic N) is 4. The van der Waals surface area contributed by atoms with Crippen molar-refractivity contribution >= 4 is 54.2 Å². The number of hydrogen-bond donors (Lipinski definition) is 0. The van der Waals surface area contributed by atoms with Gasteiger partial charge in [-0.1, -0.05) is 42.9 Å². The number of carbonyl (C=O) groups is 1. The fourth-order valence-corrected chi connectivity index (χ4v) is 6.85. The summed E-state index contributed by atoms with van der Waals surface area (Å²) in [5, 5.41) is 1.10. The van der Waals surface area contributed by atoms with Crippen molar-refractivity contribution < 1.29 is 17.9 Å². The number of thiazole rings is 1. The summed E-state index contributed by atoms with van der Waals surface area (Å²) in [5.41, 5.74) is 1.06. The topological polar surface area (TPSA) is 83.1 Å². The molecule has 1 fully saturated rings. The van der Waals surface area contributed by atoms with Crippen LogP contribution in [0.5, 0.6) is 0 Å². The third-order valence-electron chi connectivity index (χ3n) is 6.66. The molecule has 200 valence electrons. The van der Waals surface area contributed by atoms with Crippen LogP contribution in [0.4, 0.5) is 5.13 Å². The number of ether oxygens (including phenoxy) is 1. The lowest BCUT2D eigenvalue weighted by Gasteiger charge is -2.25. The summed E-state index contributed by atoms with van der Waals surface area (Å²) < 4.78 is 34.0. The van der Waals surface area contributed by atoms with E-state index in [1.165, 1.54) is 27.8 Å². The molecule has 1 aromatic heterocycles. The molecule has 0 aliphatic carbocycles. The average molecular weight is 565 g/mol. The Morgan fingerprint density at radius 3 is 2.49 bits per heavy atom. The number of carbonyl (C=O) groups excluding carboxylic acids is 1. The van der Waals surface area contributed by atoms with E-state index in [1.807, 2.05) is 12.1 Å². The van der Waals surface area contributed by atoms with Crippen LogP contribution >= 0.6 is 22.9 Å². The smallest absolute Gasteiger partial charge is 0.260 e. The van der Waals surface area contributed by atoms with Crippen molar-refractivity contribution in [2.75, 3.05) is 51.3 Å². The minimum Gasteiger partial charge on any atom is -0.377 e. The van der Waals surface area contributed by atoms with Crippen LogP contribution in [0.15, 0.2) is 47.4 Å². The minimum atomic E-state index is -3.69. The zero-order valence-corrected chi connectivity index (χ0v) is 23.8. The Hall–Kier alpha value is -2.08. The van der Waals surface area contributed by atoms with Gasteiger partial charge in [-0.05, 0) is 62.3 Å². The fraction of sp³-hybridized carbons (Fsp3) is 0.462. The molecule has 2 aromatic carbocycles. The molecule has 1 atom stereocenters. The Kier molecular flexibility index (Phi) is 9.20. The number of fused-ring (bicyclic) bond motifs is 1. The van der Waals surface area contributed by atoms with E-state index in [1.54, 1.807) is 30.1 Å². The lowest BCUT2D eigenvalue weighted by molar-refractivity contribution is 0.0978. The largest absolute Gasteiger partial charge is 0.377 e. The third-order valence-corrected chi connectivity index (χ3v) is 9.85. The molecular formula is C26H33ClN4O4S2. The number of halogens is 1. The second-order valence-corrected chi connectivity index (χ2v) is 12.5. The van der Waals surface area contributed by atoms with Crippen LogP contribution in [-0.4, -0.2) is 81.0 Å². The van der Waals surface area contributed by atoms with Gasteiger partial charge in [0, 0.05) is 38.9 Å². The van der Waals surface area contributed by atoms with Gasteiger partial charge in [0.25, 0.3) is 5.91 Å². The first-order chi connectivity index (χ1) is 17.7. The molecule has 0 N–H and O–H groups in total. The van der Waals surface area contributed by atoms with Crippen LogP contribution in [0.2, 0.25) is 5.02 Å². The molecule has 11 heteroatoms. The van der Waals surface area contributed by atoms with E-state index in [0.29, 0.717) is 47.5 Å². The zero-order chi connectivity index (χ0) is 26.6. The number of aromatic nitrogens is 1. The van der Waals surface area contributed by atoms with Gasteiger partial charge in [-0.25, -0.2) is 13.4 Å². The monoisotopic (exact) mass is 564 g/mol. The van der Waals surface area contributed by atoms with Gasteiger partial charge in [-0.3, -0.25) is 9.69 Å². The van der Waals surface area contributed by atoms with E-state index < -0.39 is 10.0 Å². The van der Waals surface area contributed by atoms with Crippen molar-refractivity contribution in [1.29, 1.82) is 0 Å². The molecule has 8 nitrogen and oxygen atoms in total. The van der Waals surface area contributed by atoms with Crippen molar-refractivity contribution in [1.82, 2.24) is 14.2 Å². The first-order valence-corrected chi connectivity index (χ1v) is 15.1. The Balaban J connectivity index is 1.58. The molecule has 3 aromatic rings. The number of likely N-dealkylation sites (N-methyl/N-ethyl adjacent to an activating group) is 2. The van der Waals surface area contributed by atoms with Crippen molar-refractivity contribution in [2.24, 2.45) is 0 Å². The molecule has 1 aliphatic rings. The number of rotatable bonds is 11. The predicted molar refractivity (Wildman–Crippen MR) is 149 cm³/mol. The summed E-state index contributed by atoms with van der Waals surface area (Å²) in [5.74, 6) is -0.237. The quantitative estimate of drug-likeness (QED) is 0.334. The number of anilines is 1. The number of sulfonamides is 1. The standard InChI is InChI=1S/C26H33ClN4O4S2/c1-4-30(5-2)15-16-31(26-28-24-22(27)9-6-10-23(24)36-26)25(32)19-11-13-21(14-12-19)37(33,34)29(3)18-20-8-7-17-35-20/h6,9-14,20H,4-5,7-8,15-18H2,1-3H3/t20-/m1/s1. The van der Waals surface area contributed by atoms with Crippen LogP contribution in [0.1, 0.15) is 37.0 Å². The van der Waals surface area contributed by atoms with E-state index in [2.05, 4.69) is 23.7 Å². The second-order valence-electron chi connectivity index (χ2n) is 9.01.